The Morgan fingerprint density at radius 1 is 1.16 bits per heavy atom. The van der Waals surface area contributed by atoms with Crippen molar-refractivity contribution < 1.29 is 28.6 Å². The predicted molar refractivity (Wildman–Crippen MR) is 165 cm³/mol. The fourth-order valence-electron chi connectivity index (χ4n) is 4.56. The van der Waals surface area contributed by atoms with Gasteiger partial charge in [-0.3, -0.25) is 14.5 Å². The number of ether oxygens (including phenoxy) is 2. The molecule has 1 amide bonds. The summed E-state index contributed by atoms with van der Waals surface area (Å²) in [6.45, 7) is 9.59. The first-order valence-electron chi connectivity index (χ1n) is 13.2. The first kappa shape index (κ1) is 30.4. The van der Waals surface area contributed by atoms with Crippen molar-refractivity contribution >= 4 is 51.3 Å². The van der Waals surface area contributed by atoms with Crippen LogP contribution in [0.5, 0.6) is 11.5 Å². The van der Waals surface area contributed by atoms with E-state index in [1.165, 1.54) is 34.1 Å². The lowest BCUT2D eigenvalue weighted by Gasteiger charge is -2.25. The molecule has 0 saturated heterocycles. The molecule has 43 heavy (non-hydrogen) atoms. The Hall–Kier alpha value is -4.07. The van der Waals surface area contributed by atoms with Crippen LogP contribution in [-0.4, -0.2) is 45.2 Å². The number of amides is 1. The summed E-state index contributed by atoms with van der Waals surface area (Å²) >= 11 is 3.56. The van der Waals surface area contributed by atoms with Crippen LogP contribution in [0.15, 0.2) is 70.8 Å². The number of nitrogens with zero attached hydrogens (tertiary/aromatic N) is 4. The van der Waals surface area contributed by atoms with Crippen molar-refractivity contribution in [3.63, 3.8) is 0 Å². The molecule has 0 aliphatic carbocycles. The van der Waals surface area contributed by atoms with Gasteiger partial charge in [-0.25, -0.2) is 9.37 Å². The summed E-state index contributed by atoms with van der Waals surface area (Å²) in [6.07, 6.45) is 1.61. The SMILES string of the molecule is C=CCOc1ccc(C2C(C(=O)c3sc(C)nc3C)=C(O)C(=O)N2c2nnc(SCc3ccccc3F)s2)cc1OCC. The lowest BCUT2D eigenvalue weighted by Crippen LogP contribution is -2.31. The lowest BCUT2D eigenvalue weighted by atomic mass is 9.95. The monoisotopic (exact) mass is 638 g/mol. The number of carbonyl (C=O) groups excluding carboxylic acids is 2. The molecule has 1 atom stereocenters. The van der Waals surface area contributed by atoms with E-state index in [9.17, 15) is 19.1 Å². The van der Waals surface area contributed by atoms with Crippen LogP contribution in [0.4, 0.5) is 9.52 Å². The van der Waals surface area contributed by atoms with Gasteiger partial charge in [-0.05, 0) is 50.1 Å². The third-order valence-electron chi connectivity index (χ3n) is 6.41. The quantitative estimate of drug-likeness (QED) is 0.0775. The van der Waals surface area contributed by atoms with Crippen molar-refractivity contribution in [2.75, 3.05) is 18.1 Å². The third-order valence-corrected chi connectivity index (χ3v) is 9.59. The highest BCUT2D eigenvalue weighted by atomic mass is 32.2. The number of carbonyl (C=O) groups is 2. The summed E-state index contributed by atoms with van der Waals surface area (Å²) in [5.41, 5.74) is 1.40. The maximum atomic E-state index is 14.2. The highest BCUT2D eigenvalue weighted by molar-refractivity contribution is 8.00. The number of halogens is 1. The molecule has 1 aliphatic heterocycles. The second-order valence-corrected chi connectivity index (χ2v) is 12.7. The number of benzene rings is 2. The zero-order chi connectivity index (χ0) is 30.7. The zero-order valence-corrected chi connectivity index (χ0v) is 25.9. The summed E-state index contributed by atoms with van der Waals surface area (Å²) in [5, 5.41) is 20.5. The minimum Gasteiger partial charge on any atom is -0.503 e. The average molecular weight is 639 g/mol. The van der Waals surface area contributed by atoms with Crippen molar-refractivity contribution in [2.45, 2.75) is 36.9 Å². The molecule has 0 fully saturated rings. The topological polar surface area (TPSA) is 115 Å². The Labute approximate surface area is 259 Å². The molecule has 3 heterocycles. The van der Waals surface area contributed by atoms with E-state index in [0.717, 1.165) is 11.3 Å². The third kappa shape index (κ3) is 6.19. The predicted octanol–water partition coefficient (Wildman–Crippen LogP) is 6.79. The number of hydrogen-bond donors (Lipinski definition) is 1. The van der Waals surface area contributed by atoms with Gasteiger partial charge >= 0.3 is 0 Å². The molecular weight excluding hydrogens is 612 g/mol. The smallest absolute Gasteiger partial charge is 0.296 e. The minimum absolute atomic E-state index is 0.102. The van der Waals surface area contributed by atoms with Crippen LogP contribution in [0.25, 0.3) is 0 Å². The second-order valence-electron chi connectivity index (χ2n) is 9.29. The molecule has 1 unspecified atom stereocenters. The largest absolute Gasteiger partial charge is 0.503 e. The normalized spacial score (nSPS) is 14.8. The molecule has 5 rings (SSSR count). The Kier molecular flexibility index (Phi) is 9.23. The summed E-state index contributed by atoms with van der Waals surface area (Å²) < 4.78 is 26.2. The number of Topliss-reactive ketones (excluding diaryl/α,β-unsaturated/α-hetero) is 1. The van der Waals surface area contributed by atoms with Crippen LogP contribution in [-0.2, 0) is 10.5 Å². The van der Waals surface area contributed by atoms with E-state index in [0.29, 0.717) is 54.9 Å². The Morgan fingerprint density at radius 3 is 2.65 bits per heavy atom. The number of hydrogen-bond acceptors (Lipinski definition) is 11. The second kappa shape index (κ2) is 13.1. The fraction of sp³-hybridized carbons (Fsp3) is 0.233. The van der Waals surface area contributed by atoms with Gasteiger partial charge in [0, 0.05) is 5.75 Å². The average Bonchev–Trinajstić information content (AvgIpc) is 3.67. The molecule has 13 heteroatoms. The van der Waals surface area contributed by atoms with Crippen LogP contribution in [0.1, 0.15) is 44.5 Å². The molecule has 2 aromatic carbocycles. The molecule has 0 saturated carbocycles. The molecule has 1 N–H and O–H groups in total. The molecule has 1 aliphatic rings. The van der Waals surface area contributed by atoms with Crippen molar-refractivity contribution in [1.29, 1.82) is 0 Å². The van der Waals surface area contributed by atoms with E-state index >= 15 is 0 Å². The molecule has 4 aromatic rings. The van der Waals surface area contributed by atoms with Crippen LogP contribution in [0.2, 0.25) is 0 Å². The Morgan fingerprint density at radius 2 is 1.95 bits per heavy atom. The van der Waals surface area contributed by atoms with Gasteiger partial charge < -0.3 is 14.6 Å². The first-order valence-corrected chi connectivity index (χ1v) is 15.8. The van der Waals surface area contributed by atoms with Crippen LogP contribution < -0.4 is 14.4 Å². The van der Waals surface area contributed by atoms with Crippen molar-refractivity contribution in [2.24, 2.45) is 0 Å². The van der Waals surface area contributed by atoms with Crippen LogP contribution >= 0.6 is 34.4 Å². The van der Waals surface area contributed by atoms with Gasteiger partial charge in [0.15, 0.2) is 21.6 Å². The van der Waals surface area contributed by atoms with E-state index in [1.807, 2.05) is 6.92 Å². The van der Waals surface area contributed by atoms with E-state index < -0.39 is 23.5 Å². The molecule has 2 aromatic heterocycles. The van der Waals surface area contributed by atoms with Crippen LogP contribution in [0.3, 0.4) is 0 Å². The molecule has 0 radical (unpaired) electrons. The van der Waals surface area contributed by atoms with E-state index in [1.54, 1.807) is 56.3 Å². The molecule has 9 nitrogen and oxygen atoms in total. The lowest BCUT2D eigenvalue weighted by molar-refractivity contribution is -0.117. The van der Waals surface area contributed by atoms with Gasteiger partial charge in [0.25, 0.3) is 5.91 Å². The van der Waals surface area contributed by atoms with Gasteiger partial charge in [0.2, 0.25) is 10.9 Å². The van der Waals surface area contributed by atoms with Gasteiger partial charge in [0.1, 0.15) is 12.4 Å². The Bertz CT molecular complexity index is 1730. The highest BCUT2D eigenvalue weighted by Gasteiger charge is 2.47. The zero-order valence-electron chi connectivity index (χ0n) is 23.5. The van der Waals surface area contributed by atoms with E-state index in [2.05, 4.69) is 21.8 Å². The van der Waals surface area contributed by atoms with E-state index in [4.69, 9.17) is 9.47 Å². The molecule has 0 bridgehead atoms. The summed E-state index contributed by atoms with van der Waals surface area (Å²) in [7, 11) is 0. The number of anilines is 1. The Balaban J connectivity index is 1.56. The summed E-state index contributed by atoms with van der Waals surface area (Å²) in [4.78, 5) is 33.5. The van der Waals surface area contributed by atoms with Gasteiger partial charge in [-0.1, -0.05) is 60.0 Å². The van der Waals surface area contributed by atoms with E-state index in [-0.39, 0.29) is 23.1 Å². The number of rotatable bonds is 12. The molecule has 0 spiro atoms. The summed E-state index contributed by atoms with van der Waals surface area (Å²) in [6, 6.07) is 10.5. The fourth-order valence-corrected chi connectivity index (χ4v) is 7.29. The number of thioether (sulfide) groups is 1. The number of thiazole rings is 1. The molecular formula is C30H27FN4O5S3. The minimum atomic E-state index is -1.05. The number of aliphatic hydroxyl groups is 1. The van der Waals surface area contributed by atoms with Gasteiger partial charge in [0.05, 0.1) is 33.8 Å². The van der Waals surface area contributed by atoms with Gasteiger partial charge in [-0.15, -0.1) is 21.5 Å². The van der Waals surface area contributed by atoms with Crippen molar-refractivity contribution in [3.8, 4) is 11.5 Å². The first-order chi connectivity index (χ1) is 20.7. The van der Waals surface area contributed by atoms with Crippen LogP contribution in [0, 0.1) is 19.7 Å². The number of aromatic nitrogens is 3. The summed E-state index contributed by atoms with van der Waals surface area (Å²) in [5.74, 6) is -1.15. The van der Waals surface area contributed by atoms with Crippen molar-refractivity contribution in [1.82, 2.24) is 15.2 Å². The highest BCUT2D eigenvalue weighted by Crippen LogP contribution is 2.46. The maximum Gasteiger partial charge on any atom is 0.296 e. The maximum absolute atomic E-state index is 14.2. The molecule has 222 valence electrons. The van der Waals surface area contributed by atoms with Gasteiger partial charge in [-0.2, -0.15) is 0 Å². The number of ketones is 1. The van der Waals surface area contributed by atoms with Crippen molar-refractivity contribution in [3.05, 3.63) is 99.0 Å². The number of aliphatic hydroxyl groups excluding tert-OH is 1. The standard InChI is InChI=1S/C30H27FN4O5S3/c1-5-13-40-21-12-11-18(14-22(21)39-6-2)24-23(25(36)27-16(3)32-17(4)42-27)26(37)28(38)35(24)29-33-34-30(43-29)41-15-19-9-7-8-10-20(19)31/h5,7-12,14,24,37H,1,6,13,15H2,2-4H3. The number of aryl methyl sites for hydroxylation is 2.